The van der Waals surface area contributed by atoms with Crippen molar-refractivity contribution in [3.05, 3.63) is 51.1 Å². The third-order valence-corrected chi connectivity index (χ3v) is 3.40. The second kappa shape index (κ2) is 6.36. The number of oxazole rings is 1. The zero-order chi connectivity index (χ0) is 13.0. The maximum atomic E-state index is 6.13. The SMILES string of the molecule is CCc1cnc(CNCc2ccc(Br)cc2Cl)o1. The van der Waals surface area contributed by atoms with Gasteiger partial charge >= 0.3 is 0 Å². The Kier molecular flexibility index (Phi) is 4.80. The minimum atomic E-state index is 0.604. The monoisotopic (exact) mass is 328 g/mol. The zero-order valence-corrected chi connectivity index (χ0v) is 12.4. The van der Waals surface area contributed by atoms with Gasteiger partial charge in [-0.15, -0.1) is 0 Å². The Hall–Kier alpha value is -0.840. The second-order valence-electron chi connectivity index (χ2n) is 3.91. The topological polar surface area (TPSA) is 38.1 Å². The fourth-order valence-corrected chi connectivity index (χ4v) is 2.30. The quantitative estimate of drug-likeness (QED) is 0.903. The third kappa shape index (κ3) is 3.57. The smallest absolute Gasteiger partial charge is 0.208 e. The number of hydrogen-bond acceptors (Lipinski definition) is 3. The Bertz CT molecular complexity index is 527. The molecule has 0 unspecified atom stereocenters. The van der Waals surface area contributed by atoms with E-state index in [1.165, 1.54) is 0 Å². The lowest BCUT2D eigenvalue weighted by Gasteiger charge is -2.05. The van der Waals surface area contributed by atoms with Crippen LogP contribution in [0.4, 0.5) is 0 Å². The lowest BCUT2D eigenvalue weighted by molar-refractivity contribution is 0.439. The van der Waals surface area contributed by atoms with Gasteiger partial charge in [0, 0.05) is 22.5 Å². The van der Waals surface area contributed by atoms with Crippen molar-refractivity contribution in [3.63, 3.8) is 0 Å². The summed E-state index contributed by atoms with van der Waals surface area (Å²) in [5, 5.41) is 4.01. The van der Waals surface area contributed by atoms with Crippen LogP contribution in [0.5, 0.6) is 0 Å². The second-order valence-corrected chi connectivity index (χ2v) is 5.24. The number of hydrogen-bond donors (Lipinski definition) is 1. The Morgan fingerprint density at radius 1 is 1.39 bits per heavy atom. The van der Waals surface area contributed by atoms with Crippen LogP contribution in [0.1, 0.15) is 24.1 Å². The van der Waals surface area contributed by atoms with E-state index in [0.29, 0.717) is 19.0 Å². The van der Waals surface area contributed by atoms with Crippen LogP contribution in [-0.4, -0.2) is 4.98 Å². The molecule has 3 nitrogen and oxygen atoms in total. The van der Waals surface area contributed by atoms with Gasteiger partial charge in [0.05, 0.1) is 12.7 Å². The molecule has 1 N–H and O–H groups in total. The van der Waals surface area contributed by atoms with Gasteiger partial charge in [0.15, 0.2) is 0 Å². The van der Waals surface area contributed by atoms with Crippen molar-refractivity contribution in [2.24, 2.45) is 0 Å². The van der Waals surface area contributed by atoms with Gasteiger partial charge in [-0.1, -0.05) is 40.5 Å². The van der Waals surface area contributed by atoms with Crippen molar-refractivity contribution in [2.75, 3.05) is 0 Å². The predicted octanol–water partition coefficient (Wildman–Crippen LogP) is 3.94. The van der Waals surface area contributed by atoms with E-state index in [4.69, 9.17) is 16.0 Å². The Labute approximate surface area is 120 Å². The average Bonchev–Trinajstić information content (AvgIpc) is 2.80. The molecule has 0 bridgehead atoms. The van der Waals surface area contributed by atoms with E-state index < -0.39 is 0 Å². The van der Waals surface area contributed by atoms with Gasteiger partial charge < -0.3 is 9.73 Å². The maximum absolute atomic E-state index is 6.13. The molecular weight excluding hydrogens is 316 g/mol. The lowest BCUT2D eigenvalue weighted by atomic mass is 10.2. The molecule has 0 fully saturated rings. The summed E-state index contributed by atoms with van der Waals surface area (Å²) >= 11 is 9.51. The highest BCUT2D eigenvalue weighted by Gasteiger charge is 2.04. The van der Waals surface area contributed by atoms with Crippen molar-refractivity contribution in [1.82, 2.24) is 10.3 Å². The highest BCUT2D eigenvalue weighted by Crippen LogP contribution is 2.21. The zero-order valence-electron chi connectivity index (χ0n) is 10.0. The molecule has 18 heavy (non-hydrogen) atoms. The van der Waals surface area contributed by atoms with Crippen LogP contribution in [0.15, 0.2) is 33.3 Å². The van der Waals surface area contributed by atoms with Crippen LogP contribution in [0, 0.1) is 0 Å². The molecule has 0 saturated carbocycles. The molecule has 0 aliphatic heterocycles. The van der Waals surface area contributed by atoms with Crippen LogP contribution in [0.3, 0.4) is 0 Å². The van der Waals surface area contributed by atoms with E-state index in [0.717, 1.165) is 27.2 Å². The normalized spacial score (nSPS) is 10.8. The molecule has 1 aromatic heterocycles. The van der Waals surface area contributed by atoms with Gasteiger partial charge in [0.2, 0.25) is 5.89 Å². The molecule has 0 aliphatic carbocycles. The summed E-state index contributed by atoms with van der Waals surface area (Å²) < 4.78 is 6.49. The van der Waals surface area contributed by atoms with Gasteiger partial charge in [0.25, 0.3) is 0 Å². The first kappa shape index (κ1) is 13.6. The number of halogens is 2. The predicted molar refractivity (Wildman–Crippen MR) is 75.6 cm³/mol. The van der Waals surface area contributed by atoms with Crippen LogP contribution < -0.4 is 5.32 Å². The van der Waals surface area contributed by atoms with Gasteiger partial charge in [-0.25, -0.2) is 4.98 Å². The van der Waals surface area contributed by atoms with E-state index in [-0.39, 0.29) is 0 Å². The average molecular weight is 330 g/mol. The minimum Gasteiger partial charge on any atom is -0.444 e. The summed E-state index contributed by atoms with van der Waals surface area (Å²) in [6.45, 7) is 3.33. The Balaban J connectivity index is 1.88. The van der Waals surface area contributed by atoms with Gasteiger partial charge in [-0.2, -0.15) is 0 Å². The fourth-order valence-electron chi connectivity index (χ4n) is 1.56. The molecule has 0 saturated heterocycles. The molecule has 0 atom stereocenters. The Morgan fingerprint density at radius 3 is 2.89 bits per heavy atom. The number of nitrogens with one attached hydrogen (secondary N) is 1. The molecule has 96 valence electrons. The first-order valence-corrected chi connectivity index (χ1v) is 6.94. The van der Waals surface area contributed by atoms with Gasteiger partial charge in [-0.3, -0.25) is 0 Å². The van der Waals surface area contributed by atoms with E-state index in [9.17, 15) is 0 Å². The molecule has 0 aliphatic rings. The van der Waals surface area contributed by atoms with E-state index in [1.807, 2.05) is 25.1 Å². The summed E-state index contributed by atoms with van der Waals surface area (Å²) in [5.74, 6) is 1.62. The first-order valence-electron chi connectivity index (χ1n) is 5.77. The molecule has 2 aromatic rings. The summed E-state index contributed by atoms with van der Waals surface area (Å²) in [6.07, 6.45) is 2.63. The van der Waals surface area contributed by atoms with Crippen molar-refractivity contribution >= 4 is 27.5 Å². The maximum Gasteiger partial charge on any atom is 0.208 e. The number of aryl methyl sites for hydroxylation is 1. The van der Waals surface area contributed by atoms with Crippen molar-refractivity contribution in [3.8, 4) is 0 Å². The summed E-state index contributed by atoms with van der Waals surface area (Å²) in [4.78, 5) is 4.19. The largest absolute Gasteiger partial charge is 0.444 e. The van der Waals surface area contributed by atoms with E-state index in [1.54, 1.807) is 6.20 Å². The number of benzene rings is 1. The summed E-state index contributed by atoms with van der Waals surface area (Å²) in [7, 11) is 0. The molecule has 0 amide bonds. The van der Waals surface area contributed by atoms with Crippen LogP contribution >= 0.6 is 27.5 Å². The standard InChI is InChI=1S/C13H14BrClN2O/c1-2-11-7-17-13(18-11)8-16-6-9-3-4-10(14)5-12(9)15/h3-5,7,16H,2,6,8H2,1H3. The van der Waals surface area contributed by atoms with Crippen LogP contribution in [0.25, 0.3) is 0 Å². The third-order valence-electron chi connectivity index (χ3n) is 2.56. The highest BCUT2D eigenvalue weighted by molar-refractivity contribution is 9.10. The highest BCUT2D eigenvalue weighted by atomic mass is 79.9. The molecule has 5 heteroatoms. The number of aromatic nitrogens is 1. The molecule has 0 radical (unpaired) electrons. The minimum absolute atomic E-state index is 0.604. The van der Waals surface area contributed by atoms with Crippen molar-refractivity contribution in [1.29, 1.82) is 0 Å². The molecule has 1 aromatic carbocycles. The molecule has 2 rings (SSSR count). The van der Waals surface area contributed by atoms with Crippen molar-refractivity contribution in [2.45, 2.75) is 26.4 Å². The Morgan fingerprint density at radius 2 is 2.22 bits per heavy atom. The van der Waals surface area contributed by atoms with Crippen molar-refractivity contribution < 1.29 is 4.42 Å². The lowest BCUT2D eigenvalue weighted by Crippen LogP contribution is -2.13. The van der Waals surface area contributed by atoms with E-state index in [2.05, 4.69) is 26.2 Å². The molecule has 0 spiro atoms. The number of nitrogens with zero attached hydrogens (tertiary/aromatic N) is 1. The van der Waals surface area contributed by atoms with E-state index >= 15 is 0 Å². The van der Waals surface area contributed by atoms with Gasteiger partial charge in [-0.05, 0) is 17.7 Å². The molecule has 1 heterocycles. The fraction of sp³-hybridized carbons (Fsp3) is 0.308. The molecular formula is C13H14BrClN2O. The summed E-state index contributed by atoms with van der Waals surface area (Å²) in [6, 6.07) is 5.86. The number of rotatable bonds is 5. The summed E-state index contributed by atoms with van der Waals surface area (Å²) in [5.41, 5.74) is 1.06. The van der Waals surface area contributed by atoms with Crippen LogP contribution in [0.2, 0.25) is 5.02 Å². The van der Waals surface area contributed by atoms with Gasteiger partial charge in [0.1, 0.15) is 5.76 Å². The first-order chi connectivity index (χ1) is 8.69. The van der Waals surface area contributed by atoms with Crippen LogP contribution in [-0.2, 0) is 19.5 Å².